The average molecular weight is 398 g/mol. The first-order valence-electron chi connectivity index (χ1n) is 10.5. The average Bonchev–Trinajstić information content (AvgIpc) is 3.21. The molecule has 7 nitrogen and oxygen atoms in total. The number of benzene rings is 1. The Labute approximate surface area is 172 Å². The molecule has 1 unspecified atom stereocenters. The van der Waals surface area contributed by atoms with E-state index in [1.165, 1.54) is 5.56 Å². The number of rotatable bonds is 7. The number of carbonyl (C=O) groups is 2. The first-order chi connectivity index (χ1) is 14.0. The van der Waals surface area contributed by atoms with Crippen molar-refractivity contribution in [3.8, 4) is 0 Å². The Hall–Kier alpha value is -2.67. The molecular weight excluding hydrogens is 366 g/mol. The summed E-state index contributed by atoms with van der Waals surface area (Å²) in [5.41, 5.74) is 2.81. The summed E-state index contributed by atoms with van der Waals surface area (Å²) in [5.74, 6) is -0.00868. The normalized spacial score (nSPS) is 16.4. The van der Waals surface area contributed by atoms with Crippen molar-refractivity contribution >= 4 is 23.2 Å². The van der Waals surface area contributed by atoms with E-state index < -0.39 is 0 Å². The van der Waals surface area contributed by atoms with Gasteiger partial charge in [0.05, 0.1) is 17.9 Å². The first-order valence-corrected chi connectivity index (χ1v) is 10.5. The largest absolute Gasteiger partial charge is 0.325 e. The van der Waals surface area contributed by atoms with Crippen LogP contribution in [0, 0.1) is 5.92 Å². The molecular formula is C22H31N5O2. The van der Waals surface area contributed by atoms with Crippen molar-refractivity contribution in [3.63, 3.8) is 0 Å². The van der Waals surface area contributed by atoms with Crippen LogP contribution < -0.4 is 10.6 Å². The monoisotopic (exact) mass is 397 g/mol. The molecule has 1 saturated heterocycles. The maximum Gasteiger partial charge on any atom is 0.241 e. The Kier molecular flexibility index (Phi) is 7.04. The van der Waals surface area contributed by atoms with Gasteiger partial charge in [-0.05, 0) is 63.9 Å². The van der Waals surface area contributed by atoms with Crippen molar-refractivity contribution in [2.24, 2.45) is 5.92 Å². The Morgan fingerprint density at radius 3 is 2.38 bits per heavy atom. The topological polar surface area (TPSA) is 79.3 Å². The molecule has 1 aromatic heterocycles. The van der Waals surface area contributed by atoms with E-state index in [0.717, 1.165) is 50.3 Å². The summed E-state index contributed by atoms with van der Waals surface area (Å²) in [6.07, 6.45) is 5.99. The van der Waals surface area contributed by atoms with Gasteiger partial charge in [-0.3, -0.25) is 19.2 Å². The number of aromatic nitrogens is 2. The number of anilines is 2. The minimum absolute atomic E-state index is 0.0101. The molecule has 2 N–H and O–H groups in total. The van der Waals surface area contributed by atoms with Gasteiger partial charge in [0.2, 0.25) is 11.8 Å². The van der Waals surface area contributed by atoms with Gasteiger partial charge in [0, 0.05) is 24.3 Å². The highest BCUT2D eigenvalue weighted by molar-refractivity contribution is 5.95. The number of piperidine rings is 1. The zero-order chi connectivity index (χ0) is 20.8. The van der Waals surface area contributed by atoms with Gasteiger partial charge in [0.15, 0.2) is 0 Å². The molecule has 0 bridgehead atoms. The third-order valence-electron chi connectivity index (χ3n) is 5.68. The summed E-state index contributed by atoms with van der Waals surface area (Å²) in [6, 6.07) is 7.73. The molecule has 1 aromatic carbocycles. The molecule has 0 radical (unpaired) electrons. The lowest BCUT2D eigenvalue weighted by molar-refractivity contribution is -0.123. The molecule has 2 heterocycles. The number of amides is 2. The molecule has 29 heavy (non-hydrogen) atoms. The van der Waals surface area contributed by atoms with E-state index >= 15 is 0 Å². The minimum Gasteiger partial charge on any atom is -0.325 e. The molecule has 2 aromatic rings. The fourth-order valence-electron chi connectivity index (χ4n) is 3.63. The summed E-state index contributed by atoms with van der Waals surface area (Å²) in [6.45, 7) is 8.28. The Morgan fingerprint density at radius 1 is 1.10 bits per heavy atom. The van der Waals surface area contributed by atoms with E-state index in [1.807, 2.05) is 44.3 Å². The smallest absolute Gasteiger partial charge is 0.241 e. The summed E-state index contributed by atoms with van der Waals surface area (Å²) in [5, 5.41) is 10.1. The number of hydrogen-bond donors (Lipinski definition) is 2. The molecule has 7 heteroatoms. The lowest BCUT2D eigenvalue weighted by Crippen LogP contribution is -2.47. The molecule has 0 spiro atoms. The molecule has 1 fully saturated rings. The van der Waals surface area contributed by atoms with Crippen molar-refractivity contribution in [2.75, 3.05) is 23.7 Å². The molecule has 1 atom stereocenters. The summed E-state index contributed by atoms with van der Waals surface area (Å²) >= 11 is 0. The van der Waals surface area contributed by atoms with E-state index in [4.69, 9.17) is 0 Å². The molecule has 2 amide bonds. The van der Waals surface area contributed by atoms with Crippen LogP contribution in [-0.4, -0.2) is 45.6 Å². The Balaban J connectivity index is 1.47. The van der Waals surface area contributed by atoms with Crippen LogP contribution in [0.15, 0.2) is 36.7 Å². The zero-order valence-electron chi connectivity index (χ0n) is 17.5. The predicted molar refractivity (Wildman–Crippen MR) is 115 cm³/mol. The molecule has 0 aliphatic carbocycles. The van der Waals surface area contributed by atoms with Crippen LogP contribution in [-0.2, 0) is 22.6 Å². The van der Waals surface area contributed by atoms with Crippen LogP contribution in [0.5, 0.6) is 0 Å². The van der Waals surface area contributed by atoms with Crippen LogP contribution in [0.3, 0.4) is 0 Å². The third-order valence-corrected chi connectivity index (χ3v) is 5.68. The number of nitrogens with one attached hydrogen (secondary N) is 2. The summed E-state index contributed by atoms with van der Waals surface area (Å²) in [7, 11) is 0. The summed E-state index contributed by atoms with van der Waals surface area (Å²) in [4.78, 5) is 27.3. The van der Waals surface area contributed by atoms with E-state index in [-0.39, 0.29) is 23.8 Å². The van der Waals surface area contributed by atoms with Gasteiger partial charge in [-0.15, -0.1) is 0 Å². The SMILES string of the molecule is CCc1ccc(NC(=O)C(C)N2CCC(C(=O)Nc3cnn(CC)c3)CC2)cc1. The number of aryl methyl sites for hydroxylation is 2. The highest BCUT2D eigenvalue weighted by Crippen LogP contribution is 2.21. The lowest BCUT2D eigenvalue weighted by Gasteiger charge is -2.34. The van der Waals surface area contributed by atoms with Gasteiger partial charge in [0.25, 0.3) is 0 Å². The molecule has 156 valence electrons. The van der Waals surface area contributed by atoms with Gasteiger partial charge in [0.1, 0.15) is 0 Å². The van der Waals surface area contributed by atoms with Crippen molar-refractivity contribution in [3.05, 3.63) is 42.2 Å². The van der Waals surface area contributed by atoms with Crippen molar-refractivity contribution < 1.29 is 9.59 Å². The Bertz CT molecular complexity index is 822. The third kappa shape index (κ3) is 5.44. The van der Waals surface area contributed by atoms with Gasteiger partial charge in [-0.2, -0.15) is 5.10 Å². The van der Waals surface area contributed by atoms with Crippen LogP contribution in [0.4, 0.5) is 11.4 Å². The highest BCUT2D eigenvalue weighted by Gasteiger charge is 2.30. The van der Waals surface area contributed by atoms with Crippen LogP contribution in [0.1, 0.15) is 39.2 Å². The van der Waals surface area contributed by atoms with Crippen LogP contribution in [0.25, 0.3) is 0 Å². The quantitative estimate of drug-likeness (QED) is 0.752. The number of likely N-dealkylation sites (tertiary alicyclic amines) is 1. The number of nitrogens with zero attached hydrogens (tertiary/aromatic N) is 3. The molecule has 1 aliphatic heterocycles. The van der Waals surface area contributed by atoms with E-state index in [1.54, 1.807) is 10.9 Å². The lowest BCUT2D eigenvalue weighted by atomic mass is 9.95. The second kappa shape index (κ2) is 9.69. The second-order valence-corrected chi connectivity index (χ2v) is 7.60. The highest BCUT2D eigenvalue weighted by atomic mass is 16.2. The predicted octanol–water partition coefficient (Wildman–Crippen LogP) is 3.14. The van der Waals surface area contributed by atoms with Crippen molar-refractivity contribution in [1.29, 1.82) is 0 Å². The standard InChI is InChI=1S/C22H31N5O2/c1-4-17-6-8-19(9-7-17)24-21(28)16(3)26-12-10-18(11-13-26)22(29)25-20-14-23-27(5-2)15-20/h6-9,14-16,18H,4-5,10-13H2,1-3H3,(H,24,28)(H,25,29). The Morgan fingerprint density at radius 2 is 1.79 bits per heavy atom. The summed E-state index contributed by atoms with van der Waals surface area (Å²) < 4.78 is 1.79. The van der Waals surface area contributed by atoms with Crippen LogP contribution in [0.2, 0.25) is 0 Å². The van der Waals surface area contributed by atoms with Gasteiger partial charge in [-0.1, -0.05) is 19.1 Å². The number of hydrogen-bond acceptors (Lipinski definition) is 4. The second-order valence-electron chi connectivity index (χ2n) is 7.60. The van der Waals surface area contributed by atoms with Crippen molar-refractivity contribution in [2.45, 2.75) is 52.6 Å². The molecule has 1 aliphatic rings. The molecule has 0 saturated carbocycles. The number of carbonyl (C=O) groups excluding carboxylic acids is 2. The van der Waals surface area contributed by atoms with Gasteiger partial charge >= 0.3 is 0 Å². The minimum atomic E-state index is -0.229. The van der Waals surface area contributed by atoms with E-state index in [9.17, 15) is 9.59 Å². The fraction of sp³-hybridized carbons (Fsp3) is 0.500. The maximum absolute atomic E-state index is 12.6. The zero-order valence-corrected chi connectivity index (χ0v) is 17.5. The maximum atomic E-state index is 12.6. The van der Waals surface area contributed by atoms with Gasteiger partial charge in [-0.25, -0.2) is 0 Å². The fourth-order valence-corrected chi connectivity index (χ4v) is 3.63. The van der Waals surface area contributed by atoms with E-state index in [2.05, 4.69) is 27.6 Å². The van der Waals surface area contributed by atoms with E-state index in [0.29, 0.717) is 0 Å². The van der Waals surface area contributed by atoms with Crippen LogP contribution >= 0.6 is 0 Å². The first kappa shape index (κ1) is 21.0. The van der Waals surface area contributed by atoms with Crippen molar-refractivity contribution in [1.82, 2.24) is 14.7 Å². The molecule has 3 rings (SSSR count). The van der Waals surface area contributed by atoms with Gasteiger partial charge < -0.3 is 10.6 Å².